The van der Waals surface area contributed by atoms with Gasteiger partial charge in [0.25, 0.3) is 0 Å². The number of carbonyl (C=O) groups is 1. The first-order chi connectivity index (χ1) is 10.5. The van der Waals surface area contributed by atoms with E-state index in [9.17, 15) is 13.2 Å². The molecule has 0 radical (unpaired) electrons. The molecule has 1 amide bonds. The third-order valence-electron chi connectivity index (χ3n) is 3.83. The number of likely N-dealkylation sites (N-methyl/N-ethyl adjacent to an activating group) is 1. The van der Waals surface area contributed by atoms with Crippen LogP contribution < -0.4 is 10.6 Å². The van der Waals surface area contributed by atoms with Gasteiger partial charge in [-0.25, -0.2) is 8.42 Å². The molecule has 1 fully saturated rings. The van der Waals surface area contributed by atoms with E-state index < -0.39 is 10.0 Å². The summed E-state index contributed by atoms with van der Waals surface area (Å²) in [5, 5.41) is 5.76. The second-order valence-electron chi connectivity index (χ2n) is 5.40. The summed E-state index contributed by atoms with van der Waals surface area (Å²) in [7, 11) is -1.65. The third-order valence-corrected chi connectivity index (χ3v) is 5.79. The van der Waals surface area contributed by atoms with Gasteiger partial charge in [0, 0.05) is 31.2 Å². The van der Waals surface area contributed by atoms with Crippen LogP contribution in [0.4, 0.5) is 5.69 Å². The van der Waals surface area contributed by atoms with Gasteiger partial charge in [0.1, 0.15) is 0 Å². The number of hydrogen-bond donors (Lipinski definition) is 2. The minimum atomic E-state index is -3.48. The zero-order valence-electron chi connectivity index (χ0n) is 13.4. The number of carbonyl (C=O) groups excluding carboxylic acids is 1. The average Bonchev–Trinajstić information content (AvgIpc) is 2.97. The molecule has 1 aliphatic rings. The number of amides is 1. The molecule has 8 heteroatoms. The third kappa shape index (κ3) is 4.67. The lowest BCUT2D eigenvalue weighted by atomic mass is 10.2. The lowest BCUT2D eigenvalue weighted by molar-refractivity contribution is -0.115. The van der Waals surface area contributed by atoms with Gasteiger partial charge in [0.15, 0.2) is 0 Å². The maximum atomic E-state index is 12.7. The smallest absolute Gasteiger partial charge is 0.243 e. The van der Waals surface area contributed by atoms with Crippen molar-refractivity contribution in [3.8, 4) is 0 Å². The highest BCUT2D eigenvalue weighted by molar-refractivity contribution is 7.89. The lowest BCUT2D eigenvalue weighted by Gasteiger charge is -2.24. The van der Waals surface area contributed by atoms with Crippen molar-refractivity contribution in [3.63, 3.8) is 0 Å². The molecule has 6 nitrogen and oxygen atoms in total. The summed E-state index contributed by atoms with van der Waals surface area (Å²) >= 11 is 0. The van der Waals surface area contributed by atoms with Crippen LogP contribution in [0.3, 0.4) is 0 Å². The highest BCUT2D eigenvalue weighted by Gasteiger charge is 2.34. The van der Waals surface area contributed by atoms with Crippen LogP contribution >= 0.6 is 12.4 Å². The Labute approximate surface area is 144 Å². The number of nitrogens with one attached hydrogen (secondary N) is 2. The number of sulfonamides is 1. The lowest BCUT2D eigenvalue weighted by Crippen LogP contribution is -2.40. The van der Waals surface area contributed by atoms with E-state index in [-0.39, 0.29) is 29.3 Å². The van der Waals surface area contributed by atoms with Crippen LogP contribution in [-0.2, 0) is 14.8 Å². The molecule has 1 saturated heterocycles. The molecule has 1 unspecified atom stereocenters. The Bertz CT molecular complexity index is 619. The Morgan fingerprint density at radius 1 is 1.30 bits per heavy atom. The molecular formula is C15H24ClN3O3S. The van der Waals surface area contributed by atoms with Gasteiger partial charge in [-0.05, 0) is 44.2 Å². The number of anilines is 1. The Hall–Kier alpha value is -1.15. The Morgan fingerprint density at radius 3 is 2.52 bits per heavy atom. The fourth-order valence-corrected chi connectivity index (χ4v) is 4.35. The normalized spacial score (nSPS) is 18.4. The number of benzene rings is 1. The van der Waals surface area contributed by atoms with E-state index in [4.69, 9.17) is 0 Å². The quantitative estimate of drug-likeness (QED) is 0.810. The Kier molecular flexibility index (Phi) is 7.47. The minimum Gasteiger partial charge on any atom is -0.326 e. The highest BCUT2D eigenvalue weighted by atomic mass is 35.5. The summed E-state index contributed by atoms with van der Waals surface area (Å²) in [6.45, 7) is 2.98. The van der Waals surface area contributed by atoms with E-state index in [2.05, 4.69) is 10.6 Å². The van der Waals surface area contributed by atoms with Gasteiger partial charge in [-0.3, -0.25) is 4.79 Å². The first-order valence-corrected chi connectivity index (χ1v) is 8.99. The van der Waals surface area contributed by atoms with Gasteiger partial charge < -0.3 is 10.6 Å². The van der Waals surface area contributed by atoms with Crippen molar-refractivity contribution in [1.82, 2.24) is 9.62 Å². The summed E-state index contributed by atoms with van der Waals surface area (Å²) in [6.07, 6.45) is 2.15. The van der Waals surface area contributed by atoms with Crippen molar-refractivity contribution < 1.29 is 13.2 Å². The van der Waals surface area contributed by atoms with E-state index in [1.165, 1.54) is 0 Å². The molecule has 1 aromatic carbocycles. The summed E-state index contributed by atoms with van der Waals surface area (Å²) in [6, 6.07) is 6.37. The minimum absolute atomic E-state index is 0. The standard InChI is InChI=1S/C15H23N3O3S.ClH/c1-3-15(19)17-12-6-8-14(9-7-12)22(20,21)18-10-4-5-13(18)11-16-2;/h6-9,13,16H,3-5,10-11H2,1-2H3,(H,17,19);1H. The number of nitrogens with zero attached hydrogens (tertiary/aromatic N) is 1. The first kappa shape index (κ1) is 19.9. The van der Waals surface area contributed by atoms with Gasteiger partial charge in [0.2, 0.25) is 15.9 Å². The van der Waals surface area contributed by atoms with E-state index in [0.717, 1.165) is 12.8 Å². The monoisotopic (exact) mass is 361 g/mol. The molecule has 130 valence electrons. The fraction of sp³-hybridized carbons (Fsp3) is 0.533. The van der Waals surface area contributed by atoms with Gasteiger partial charge in [0.05, 0.1) is 4.90 Å². The first-order valence-electron chi connectivity index (χ1n) is 7.55. The Balaban J connectivity index is 0.00000264. The van der Waals surface area contributed by atoms with Crippen molar-refractivity contribution in [2.75, 3.05) is 25.5 Å². The topological polar surface area (TPSA) is 78.5 Å². The molecule has 0 saturated carbocycles. The zero-order valence-corrected chi connectivity index (χ0v) is 15.0. The van der Waals surface area contributed by atoms with Gasteiger partial charge in [-0.15, -0.1) is 12.4 Å². The maximum absolute atomic E-state index is 12.7. The molecule has 0 spiro atoms. The molecule has 1 aromatic rings. The van der Waals surface area contributed by atoms with Gasteiger partial charge in [-0.1, -0.05) is 6.92 Å². The van der Waals surface area contributed by atoms with E-state index in [0.29, 0.717) is 25.2 Å². The van der Waals surface area contributed by atoms with Crippen LogP contribution in [0.5, 0.6) is 0 Å². The van der Waals surface area contributed by atoms with E-state index in [1.807, 2.05) is 7.05 Å². The van der Waals surface area contributed by atoms with E-state index >= 15 is 0 Å². The molecule has 1 heterocycles. The zero-order chi connectivity index (χ0) is 16.2. The molecule has 2 rings (SSSR count). The van der Waals surface area contributed by atoms with Crippen molar-refractivity contribution in [1.29, 1.82) is 0 Å². The van der Waals surface area contributed by atoms with Crippen molar-refractivity contribution in [3.05, 3.63) is 24.3 Å². The van der Waals surface area contributed by atoms with Crippen LogP contribution in [0.2, 0.25) is 0 Å². The summed E-state index contributed by atoms with van der Waals surface area (Å²) < 4.78 is 27.0. The van der Waals surface area contributed by atoms with Crippen LogP contribution in [0.1, 0.15) is 26.2 Å². The molecule has 0 aliphatic carbocycles. The molecule has 2 N–H and O–H groups in total. The molecule has 0 aromatic heterocycles. The Morgan fingerprint density at radius 2 is 1.96 bits per heavy atom. The number of hydrogen-bond acceptors (Lipinski definition) is 4. The van der Waals surface area contributed by atoms with Gasteiger partial charge in [-0.2, -0.15) is 4.31 Å². The van der Waals surface area contributed by atoms with Crippen LogP contribution in [0.25, 0.3) is 0 Å². The highest BCUT2D eigenvalue weighted by Crippen LogP contribution is 2.26. The molecule has 1 atom stereocenters. The maximum Gasteiger partial charge on any atom is 0.243 e. The summed E-state index contributed by atoms with van der Waals surface area (Å²) in [4.78, 5) is 11.6. The molecule has 0 bridgehead atoms. The van der Waals surface area contributed by atoms with Crippen LogP contribution in [0.15, 0.2) is 29.2 Å². The average molecular weight is 362 g/mol. The molecule has 1 aliphatic heterocycles. The van der Waals surface area contributed by atoms with Gasteiger partial charge >= 0.3 is 0 Å². The summed E-state index contributed by atoms with van der Waals surface area (Å²) in [5.74, 6) is -0.0933. The van der Waals surface area contributed by atoms with Crippen LogP contribution in [-0.4, -0.2) is 44.8 Å². The van der Waals surface area contributed by atoms with Crippen molar-refractivity contribution in [2.24, 2.45) is 0 Å². The van der Waals surface area contributed by atoms with Crippen molar-refractivity contribution >= 4 is 34.0 Å². The predicted octanol–water partition coefficient (Wildman–Crippen LogP) is 1.83. The SMILES string of the molecule is CCC(=O)Nc1ccc(S(=O)(=O)N2CCCC2CNC)cc1.Cl. The molecular weight excluding hydrogens is 338 g/mol. The second-order valence-corrected chi connectivity index (χ2v) is 7.29. The second kappa shape index (κ2) is 8.63. The largest absolute Gasteiger partial charge is 0.326 e. The summed E-state index contributed by atoms with van der Waals surface area (Å²) in [5.41, 5.74) is 0.610. The molecule has 23 heavy (non-hydrogen) atoms. The van der Waals surface area contributed by atoms with Crippen molar-refractivity contribution in [2.45, 2.75) is 37.1 Å². The fourth-order valence-electron chi connectivity index (χ4n) is 2.66. The number of halogens is 1. The van der Waals surface area contributed by atoms with E-state index in [1.54, 1.807) is 35.5 Å². The van der Waals surface area contributed by atoms with Crippen LogP contribution in [0, 0.1) is 0 Å². The number of rotatable bonds is 6. The predicted molar refractivity (Wildman–Crippen MR) is 93.5 cm³/mol.